The van der Waals surface area contributed by atoms with Crippen LogP contribution in [-0.2, 0) is 16.1 Å². The van der Waals surface area contributed by atoms with E-state index < -0.39 is 23.3 Å². The van der Waals surface area contributed by atoms with Crippen LogP contribution in [0.15, 0.2) is 53.6 Å². The maximum absolute atomic E-state index is 13.3. The predicted octanol–water partition coefficient (Wildman–Crippen LogP) is 4.45. The molecule has 2 amide bonds. The Bertz CT molecular complexity index is 1840. The molecule has 0 aliphatic rings. The molecule has 2 N–H and O–H groups in total. The van der Waals surface area contributed by atoms with Gasteiger partial charge in [0.25, 0.3) is 11.5 Å². The van der Waals surface area contributed by atoms with E-state index >= 15 is 0 Å². The highest BCUT2D eigenvalue weighted by Crippen LogP contribution is 2.30. The molecule has 5 aromatic rings. The van der Waals surface area contributed by atoms with E-state index in [1.54, 1.807) is 56.3 Å². The third-order valence-corrected chi connectivity index (χ3v) is 8.07. The molecule has 0 unspecified atom stereocenters. The van der Waals surface area contributed by atoms with Crippen molar-refractivity contribution in [1.29, 1.82) is 0 Å². The van der Waals surface area contributed by atoms with Crippen LogP contribution in [0.4, 0.5) is 10.8 Å². The molecule has 0 radical (unpaired) electrons. The molecule has 0 saturated carbocycles. The minimum atomic E-state index is -0.477. The van der Waals surface area contributed by atoms with Crippen LogP contribution < -0.4 is 20.9 Å². The Balaban J connectivity index is 1.34. The van der Waals surface area contributed by atoms with E-state index in [0.717, 1.165) is 11.3 Å². The summed E-state index contributed by atoms with van der Waals surface area (Å²) >= 11 is 2.30. The zero-order chi connectivity index (χ0) is 28.4. The van der Waals surface area contributed by atoms with E-state index in [4.69, 9.17) is 9.47 Å². The molecule has 0 aliphatic carbocycles. The van der Waals surface area contributed by atoms with Gasteiger partial charge < -0.3 is 20.1 Å². The molecule has 13 heteroatoms. The number of amides is 2. The smallest absolute Gasteiger partial charge is 0.338 e. The number of hydrogen-bond donors (Lipinski definition) is 2. The van der Waals surface area contributed by atoms with Crippen LogP contribution in [0.3, 0.4) is 0 Å². The summed E-state index contributed by atoms with van der Waals surface area (Å²) in [6.07, 6.45) is 1.28. The monoisotopic (exact) mass is 577 g/mol. The Morgan fingerprint density at radius 1 is 1.07 bits per heavy atom. The van der Waals surface area contributed by atoms with E-state index in [1.165, 1.54) is 29.3 Å². The minimum absolute atomic E-state index is 0.267. The number of carbonyl (C=O) groups is 3. The average Bonchev–Trinajstić information content (AvgIpc) is 3.50. The number of methoxy groups -OCH3 is 1. The van der Waals surface area contributed by atoms with Crippen molar-refractivity contribution >= 4 is 71.7 Å². The number of aromatic nitrogens is 3. The summed E-state index contributed by atoms with van der Waals surface area (Å²) in [7, 11) is 1.51. The second-order valence-electron chi connectivity index (χ2n) is 8.54. The number of thiazole rings is 1. The average molecular weight is 578 g/mol. The highest BCUT2D eigenvalue weighted by Gasteiger charge is 2.21. The lowest BCUT2D eigenvalue weighted by atomic mass is 10.2. The van der Waals surface area contributed by atoms with Gasteiger partial charge in [-0.15, -0.1) is 11.3 Å². The predicted molar refractivity (Wildman–Crippen MR) is 154 cm³/mol. The summed E-state index contributed by atoms with van der Waals surface area (Å²) in [4.78, 5) is 60.5. The molecular formula is C27H23N5O6S2. The number of para-hydroxylation sites is 2. The normalized spacial score (nSPS) is 11.0. The number of benzene rings is 2. The SMILES string of the molecule is CCOC(=O)c1ccc2nc(NC(=O)Cn3cnc4sc(C(=O)Nc5ccccc5OC)c(C)c4c3=O)sc2c1. The number of nitrogens with one attached hydrogen (secondary N) is 2. The van der Waals surface area contributed by atoms with Crippen LogP contribution in [0.2, 0.25) is 0 Å². The molecule has 204 valence electrons. The van der Waals surface area contributed by atoms with Crippen molar-refractivity contribution in [3.63, 3.8) is 0 Å². The molecule has 3 aromatic heterocycles. The highest BCUT2D eigenvalue weighted by atomic mass is 32.1. The number of aryl methyl sites for hydroxylation is 1. The molecule has 0 bridgehead atoms. The molecule has 0 saturated heterocycles. The van der Waals surface area contributed by atoms with Gasteiger partial charge in [-0.3, -0.25) is 19.0 Å². The third-order valence-electron chi connectivity index (χ3n) is 5.94. The van der Waals surface area contributed by atoms with Gasteiger partial charge in [0.1, 0.15) is 17.1 Å². The Hall–Kier alpha value is -4.62. The topological polar surface area (TPSA) is 142 Å². The zero-order valence-electron chi connectivity index (χ0n) is 21.6. The lowest BCUT2D eigenvalue weighted by molar-refractivity contribution is -0.116. The lowest BCUT2D eigenvalue weighted by Crippen LogP contribution is -2.27. The van der Waals surface area contributed by atoms with Crippen LogP contribution in [0, 0.1) is 6.92 Å². The Morgan fingerprint density at radius 2 is 1.88 bits per heavy atom. The maximum Gasteiger partial charge on any atom is 0.338 e. The number of thiophene rings is 1. The molecule has 5 rings (SSSR count). The van der Waals surface area contributed by atoms with Gasteiger partial charge in [-0.05, 0) is 49.7 Å². The first-order chi connectivity index (χ1) is 19.3. The molecule has 0 atom stereocenters. The van der Waals surface area contributed by atoms with E-state index in [0.29, 0.717) is 47.6 Å². The van der Waals surface area contributed by atoms with Crippen molar-refractivity contribution in [3.8, 4) is 5.75 Å². The molecule has 0 fully saturated rings. The summed E-state index contributed by atoms with van der Waals surface area (Å²) in [6.45, 7) is 3.37. The summed E-state index contributed by atoms with van der Waals surface area (Å²) < 4.78 is 12.2. The van der Waals surface area contributed by atoms with Gasteiger partial charge >= 0.3 is 5.97 Å². The number of ether oxygens (including phenoxy) is 2. The van der Waals surface area contributed by atoms with Gasteiger partial charge in [0.05, 0.1) is 51.8 Å². The van der Waals surface area contributed by atoms with Gasteiger partial charge in [-0.2, -0.15) is 0 Å². The quantitative estimate of drug-likeness (QED) is 0.258. The second-order valence-corrected chi connectivity index (χ2v) is 10.6. The number of hydrogen-bond acceptors (Lipinski definition) is 10. The number of carbonyl (C=O) groups excluding carboxylic acids is 3. The van der Waals surface area contributed by atoms with Crippen molar-refractivity contribution in [2.24, 2.45) is 0 Å². The molecule has 0 spiro atoms. The molecule has 3 heterocycles. The van der Waals surface area contributed by atoms with E-state index in [9.17, 15) is 19.2 Å². The van der Waals surface area contributed by atoms with Gasteiger partial charge in [-0.25, -0.2) is 14.8 Å². The number of nitrogens with zero attached hydrogens (tertiary/aromatic N) is 3. The van der Waals surface area contributed by atoms with E-state index in [1.807, 2.05) is 0 Å². The summed E-state index contributed by atoms with van der Waals surface area (Å²) in [5.41, 5.74) is 1.54. The van der Waals surface area contributed by atoms with Crippen LogP contribution in [-0.4, -0.2) is 46.0 Å². The number of rotatable bonds is 8. The van der Waals surface area contributed by atoms with Gasteiger partial charge in [-0.1, -0.05) is 23.5 Å². The van der Waals surface area contributed by atoms with Gasteiger partial charge in [0.2, 0.25) is 5.91 Å². The van der Waals surface area contributed by atoms with Gasteiger partial charge in [0.15, 0.2) is 5.13 Å². The number of fused-ring (bicyclic) bond motifs is 2. The first-order valence-electron chi connectivity index (χ1n) is 12.1. The van der Waals surface area contributed by atoms with Crippen LogP contribution in [0.1, 0.15) is 32.5 Å². The lowest BCUT2D eigenvalue weighted by Gasteiger charge is -2.09. The van der Waals surface area contributed by atoms with Crippen molar-refractivity contribution < 1.29 is 23.9 Å². The zero-order valence-corrected chi connectivity index (χ0v) is 23.3. The Labute approximate surface area is 235 Å². The minimum Gasteiger partial charge on any atom is -0.495 e. The van der Waals surface area contributed by atoms with Crippen LogP contribution in [0.25, 0.3) is 20.4 Å². The maximum atomic E-state index is 13.3. The molecule has 0 aliphatic heterocycles. The molecule has 2 aromatic carbocycles. The van der Waals surface area contributed by atoms with E-state index in [2.05, 4.69) is 20.6 Å². The largest absolute Gasteiger partial charge is 0.495 e. The van der Waals surface area contributed by atoms with Gasteiger partial charge in [0, 0.05) is 0 Å². The number of esters is 1. The summed E-state index contributed by atoms with van der Waals surface area (Å²) in [6, 6.07) is 12.0. The summed E-state index contributed by atoms with van der Waals surface area (Å²) in [5.74, 6) is -0.797. The Kier molecular flexibility index (Phi) is 7.58. The first kappa shape index (κ1) is 27.0. The van der Waals surface area contributed by atoms with Crippen molar-refractivity contribution in [3.05, 3.63) is 75.1 Å². The van der Waals surface area contributed by atoms with Crippen molar-refractivity contribution in [1.82, 2.24) is 14.5 Å². The molecule has 11 nitrogen and oxygen atoms in total. The fourth-order valence-corrected chi connectivity index (χ4v) is 6.00. The van der Waals surface area contributed by atoms with Crippen molar-refractivity contribution in [2.45, 2.75) is 20.4 Å². The number of anilines is 2. The van der Waals surface area contributed by atoms with Crippen LogP contribution in [0.5, 0.6) is 5.75 Å². The van der Waals surface area contributed by atoms with Crippen LogP contribution >= 0.6 is 22.7 Å². The Morgan fingerprint density at radius 3 is 2.65 bits per heavy atom. The third kappa shape index (κ3) is 5.28. The second kappa shape index (κ2) is 11.2. The summed E-state index contributed by atoms with van der Waals surface area (Å²) in [5, 5.41) is 6.11. The first-order valence-corrected chi connectivity index (χ1v) is 13.7. The van der Waals surface area contributed by atoms with Crippen molar-refractivity contribution in [2.75, 3.05) is 24.4 Å². The molecular weight excluding hydrogens is 554 g/mol. The fourth-order valence-electron chi connectivity index (χ4n) is 4.05. The molecule has 40 heavy (non-hydrogen) atoms. The fraction of sp³-hybridized carbons (Fsp3) is 0.185. The van der Waals surface area contributed by atoms with E-state index in [-0.39, 0.29) is 18.5 Å². The highest BCUT2D eigenvalue weighted by molar-refractivity contribution is 7.22. The standard InChI is InChI=1S/C27H23N5O6S2/c1-4-38-26(36)15-9-10-17-19(11-15)39-27(30-17)31-20(33)12-32-13-28-24-21(25(32)35)14(2)22(40-24)23(34)29-16-7-5-6-8-18(16)37-3/h5-11,13H,4,12H2,1-3H3,(H,29,34)(H,30,31,33).